The van der Waals surface area contributed by atoms with Crippen LogP contribution in [0.15, 0.2) is 71.1 Å². The molecule has 0 saturated heterocycles. The topological polar surface area (TPSA) is 74.3 Å². The quantitative estimate of drug-likeness (QED) is 0.340. The van der Waals surface area contributed by atoms with Crippen LogP contribution in [0.2, 0.25) is 0 Å². The Morgan fingerprint density at radius 3 is 1.89 bits per heavy atom. The maximum absolute atomic E-state index is 13.1. The molecular formula is C29H35NO6. The summed E-state index contributed by atoms with van der Waals surface area (Å²) in [4.78, 5) is 28.3. The van der Waals surface area contributed by atoms with Crippen molar-refractivity contribution in [1.29, 1.82) is 0 Å². The van der Waals surface area contributed by atoms with Crippen molar-refractivity contribution in [2.45, 2.75) is 39.0 Å². The van der Waals surface area contributed by atoms with Crippen molar-refractivity contribution in [2.75, 3.05) is 35.0 Å². The van der Waals surface area contributed by atoms with Gasteiger partial charge >= 0.3 is 11.9 Å². The third-order valence-corrected chi connectivity index (χ3v) is 6.66. The first-order chi connectivity index (χ1) is 17.4. The third-order valence-electron chi connectivity index (χ3n) is 6.66. The van der Waals surface area contributed by atoms with Gasteiger partial charge in [-0.1, -0.05) is 36.4 Å². The Hall–Kier alpha value is -3.74. The fraction of sp³-hybridized carbons (Fsp3) is 0.379. The summed E-state index contributed by atoms with van der Waals surface area (Å²) in [6, 6.07) is 15.7. The van der Waals surface area contributed by atoms with Crippen LogP contribution >= 0.6 is 0 Å². The van der Waals surface area contributed by atoms with E-state index in [1.807, 2.05) is 43.0 Å². The predicted octanol–water partition coefficient (Wildman–Crippen LogP) is 5.02. The van der Waals surface area contributed by atoms with E-state index >= 15 is 0 Å². The lowest BCUT2D eigenvalue weighted by Crippen LogP contribution is -2.35. The standard InChI is InChI=1S/C29H35NO6/c1-19-25(28(31)35-5)27(22-15-16-23(33-3)24(18-22)34-4)26(29(32)36-6)20(2)30(19)17-11-10-14-21-12-8-7-9-13-21/h7-9,12-13,15-16,18,27H,10-11,14,17H2,1-6H3. The van der Waals surface area contributed by atoms with E-state index in [2.05, 4.69) is 12.1 Å². The van der Waals surface area contributed by atoms with Crippen LogP contribution in [0.4, 0.5) is 0 Å². The van der Waals surface area contributed by atoms with Crippen LogP contribution in [0.25, 0.3) is 0 Å². The van der Waals surface area contributed by atoms with Crippen molar-refractivity contribution >= 4 is 11.9 Å². The number of hydrogen-bond acceptors (Lipinski definition) is 7. The molecule has 36 heavy (non-hydrogen) atoms. The van der Waals surface area contributed by atoms with E-state index in [1.165, 1.54) is 19.8 Å². The molecule has 0 aliphatic carbocycles. The summed E-state index contributed by atoms with van der Waals surface area (Å²) in [5.41, 5.74) is 4.31. The molecule has 0 bridgehead atoms. The molecule has 0 saturated carbocycles. The number of benzene rings is 2. The summed E-state index contributed by atoms with van der Waals surface area (Å²) in [6.07, 6.45) is 2.82. The molecule has 7 nitrogen and oxygen atoms in total. The number of methoxy groups -OCH3 is 4. The highest BCUT2D eigenvalue weighted by atomic mass is 16.5. The first-order valence-electron chi connectivity index (χ1n) is 12.0. The molecule has 0 unspecified atom stereocenters. The Kier molecular flexibility index (Phi) is 9.17. The van der Waals surface area contributed by atoms with E-state index < -0.39 is 17.9 Å². The lowest BCUT2D eigenvalue weighted by atomic mass is 9.79. The van der Waals surface area contributed by atoms with Gasteiger partial charge in [0.2, 0.25) is 0 Å². The molecular weight excluding hydrogens is 458 g/mol. The van der Waals surface area contributed by atoms with Gasteiger partial charge in [-0.25, -0.2) is 9.59 Å². The lowest BCUT2D eigenvalue weighted by Gasteiger charge is -2.38. The van der Waals surface area contributed by atoms with Gasteiger partial charge in [0.1, 0.15) is 0 Å². The molecule has 0 aromatic heterocycles. The average molecular weight is 494 g/mol. The molecule has 192 valence electrons. The zero-order valence-electron chi connectivity index (χ0n) is 21.9. The van der Waals surface area contributed by atoms with Crippen LogP contribution < -0.4 is 9.47 Å². The number of aryl methyl sites for hydroxylation is 1. The SMILES string of the molecule is COC(=O)C1=C(C)N(CCCCc2ccccc2)C(C)=C(C(=O)OC)C1c1ccc(OC)c(OC)c1. The second-order valence-corrected chi connectivity index (χ2v) is 8.62. The predicted molar refractivity (Wildman–Crippen MR) is 138 cm³/mol. The van der Waals surface area contributed by atoms with Gasteiger partial charge in [0, 0.05) is 17.9 Å². The second kappa shape index (κ2) is 12.3. The van der Waals surface area contributed by atoms with Crippen LogP contribution in [-0.2, 0) is 25.5 Å². The summed E-state index contributed by atoms with van der Waals surface area (Å²) < 4.78 is 21.2. The number of allylic oxidation sites excluding steroid dienone is 2. The summed E-state index contributed by atoms with van der Waals surface area (Å²) in [5, 5.41) is 0. The molecule has 0 radical (unpaired) electrons. The Morgan fingerprint density at radius 2 is 1.36 bits per heavy atom. The molecule has 2 aromatic rings. The first-order valence-corrected chi connectivity index (χ1v) is 12.0. The lowest BCUT2D eigenvalue weighted by molar-refractivity contribution is -0.137. The van der Waals surface area contributed by atoms with E-state index in [-0.39, 0.29) is 0 Å². The van der Waals surface area contributed by atoms with Gasteiger partial charge in [0.05, 0.1) is 45.5 Å². The summed E-state index contributed by atoms with van der Waals surface area (Å²) in [6.45, 7) is 4.45. The van der Waals surface area contributed by atoms with Crippen LogP contribution in [0, 0.1) is 0 Å². The summed E-state index contributed by atoms with van der Waals surface area (Å²) >= 11 is 0. The van der Waals surface area contributed by atoms with Crippen molar-refractivity contribution < 1.29 is 28.5 Å². The number of ether oxygens (including phenoxy) is 4. The summed E-state index contributed by atoms with van der Waals surface area (Å²) in [7, 11) is 5.80. The Balaban J connectivity index is 2.02. The molecule has 1 heterocycles. The molecule has 1 aliphatic rings. The Labute approximate surface area is 213 Å². The molecule has 1 aliphatic heterocycles. The van der Waals surface area contributed by atoms with Crippen molar-refractivity contribution in [3.05, 3.63) is 82.2 Å². The number of unbranched alkanes of at least 4 members (excludes halogenated alkanes) is 1. The van der Waals surface area contributed by atoms with Gasteiger partial charge in [-0.2, -0.15) is 0 Å². The molecule has 0 amide bonds. The maximum Gasteiger partial charge on any atom is 0.336 e. The van der Waals surface area contributed by atoms with Crippen molar-refractivity contribution in [3.8, 4) is 11.5 Å². The van der Waals surface area contributed by atoms with Gasteiger partial charge in [-0.05, 0) is 56.4 Å². The minimum absolute atomic E-state index is 0.402. The number of esters is 2. The van der Waals surface area contributed by atoms with Crippen LogP contribution in [0.5, 0.6) is 11.5 Å². The zero-order valence-corrected chi connectivity index (χ0v) is 21.9. The molecule has 0 fully saturated rings. The van der Waals surface area contributed by atoms with Crippen molar-refractivity contribution in [2.24, 2.45) is 0 Å². The van der Waals surface area contributed by atoms with Crippen LogP contribution in [0.3, 0.4) is 0 Å². The van der Waals surface area contributed by atoms with Gasteiger partial charge in [-0.3, -0.25) is 0 Å². The Morgan fingerprint density at radius 1 is 0.778 bits per heavy atom. The van der Waals surface area contributed by atoms with Gasteiger partial charge in [-0.15, -0.1) is 0 Å². The molecule has 0 spiro atoms. The number of rotatable bonds is 10. The Bertz CT molecular complexity index is 1110. The normalized spacial score (nSPS) is 14.1. The average Bonchev–Trinajstić information content (AvgIpc) is 2.91. The molecule has 2 aromatic carbocycles. The van der Waals surface area contributed by atoms with E-state index in [4.69, 9.17) is 18.9 Å². The molecule has 0 N–H and O–H groups in total. The summed E-state index contributed by atoms with van der Waals surface area (Å²) in [5.74, 6) is -0.601. The first kappa shape index (κ1) is 26.9. The maximum atomic E-state index is 13.1. The highest BCUT2D eigenvalue weighted by molar-refractivity contribution is 5.99. The minimum atomic E-state index is -0.676. The molecule has 3 rings (SSSR count). The second-order valence-electron chi connectivity index (χ2n) is 8.62. The van der Waals surface area contributed by atoms with E-state index in [9.17, 15) is 9.59 Å². The monoisotopic (exact) mass is 493 g/mol. The minimum Gasteiger partial charge on any atom is -0.493 e. The van der Waals surface area contributed by atoms with Gasteiger partial charge < -0.3 is 23.8 Å². The van der Waals surface area contributed by atoms with Crippen LogP contribution in [-0.4, -0.2) is 51.8 Å². The number of carbonyl (C=O) groups is 2. The molecule has 7 heteroatoms. The fourth-order valence-electron chi connectivity index (χ4n) is 4.80. The van der Waals surface area contributed by atoms with Crippen molar-refractivity contribution in [1.82, 2.24) is 4.90 Å². The third kappa shape index (κ3) is 5.56. The van der Waals surface area contributed by atoms with E-state index in [0.717, 1.165) is 30.7 Å². The fourth-order valence-corrected chi connectivity index (χ4v) is 4.80. The van der Waals surface area contributed by atoms with Crippen LogP contribution in [0.1, 0.15) is 43.7 Å². The van der Waals surface area contributed by atoms with Crippen molar-refractivity contribution in [3.63, 3.8) is 0 Å². The van der Waals surface area contributed by atoms with Gasteiger partial charge in [0.25, 0.3) is 0 Å². The largest absolute Gasteiger partial charge is 0.493 e. The van der Waals surface area contributed by atoms with E-state index in [0.29, 0.717) is 34.8 Å². The molecule has 0 atom stereocenters. The number of nitrogens with zero attached hydrogens (tertiary/aromatic N) is 1. The highest BCUT2D eigenvalue weighted by Crippen LogP contribution is 2.44. The number of hydrogen-bond donors (Lipinski definition) is 0. The highest BCUT2D eigenvalue weighted by Gasteiger charge is 2.40. The smallest absolute Gasteiger partial charge is 0.336 e. The van der Waals surface area contributed by atoms with Gasteiger partial charge in [0.15, 0.2) is 11.5 Å². The van der Waals surface area contributed by atoms with E-state index in [1.54, 1.807) is 26.4 Å². The zero-order chi connectivity index (χ0) is 26.2. The number of carbonyl (C=O) groups excluding carboxylic acids is 2.